The van der Waals surface area contributed by atoms with Gasteiger partial charge in [0.2, 0.25) is 5.91 Å². The molecule has 2 aromatic carbocycles. The molecule has 0 aliphatic carbocycles. The van der Waals surface area contributed by atoms with Crippen LogP contribution in [0.1, 0.15) is 31.4 Å². The molecule has 4 aromatic rings. The fraction of sp³-hybridized carbons (Fsp3) is 0.333. The van der Waals surface area contributed by atoms with Crippen molar-refractivity contribution >= 4 is 22.8 Å². The molecule has 0 fully saturated rings. The van der Waals surface area contributed by atoms with Crippen molar-refractivity contribution in [3.63, 3.8) is 0 Å². The highest BCUT2D eigenvalue weighted by atomic mass is 16.2. The number of imidazole rings is 1. The van der Waals surface area contributed by atoms with Crippen molar-refractivity contribution in [1.29, 1.82) is 0 Å². The molecule has 180 valence electrons. The first-order valence-corrected chi connectivity index (χ1v) is 12.0. The first-order chi connectivity index (χ1) is 16.9. The molecule has 3 heterocycles. The normalized spacial score (nSPS) is 13.4. The van der Waals surface area contributed by atoms with E-state index < -0.39 is 11.2 Å². The van der Waals surface area contributed by atoms with Crippen LogP contribution in [0.2, 0.25) is 0 Å². The van der Waals surface area contributed by atoms with Crippen LogP contribution in [0.15, 0.2) is 70.5 Å². The lowest BCUT2D eigenvalue weighted by atomic mass is 10.0. The van der Waals surface area contributed by atoms with Gasteiger partial charge in [0.15, 0.2) is 11.2 Å². The number of carbonyl (C=O) groups is 1. The SMILES string of the molecule is CC(C)Cn1cnc2c1c(=O)n(CC(=O)N1CCCc3ccccc31)c(=O)n2Cc1ccccc1. The molecule has 8 heteroatoms. The van der Waals surface area contributed by atoms with Gasteiger partial charge in [0.1, 0.15) is 6.54 Å². The van der Waals surface area contributed by atoms with Crippen molar-refractivity contribution in [3.8, 4) is 0 Å². The summed E-state index contributed by atoms with van der Waals surface area (Å²) in [5.74, 6) is 0.0121. The molecule has 35 heavy (non-hydrogen) atoms. The van der Waals surface area contributed by atoms with Crippen molar-refractivity contribution in [2.45, 2.75) is 46.3 Å². The molecular weight excluding hydrogens is 442 g/mol. The Balaban J connectivity index is 1.61. The maximum absolute atomic E-state index is 13.6. The summed E-state index contributed by atoms with van der Waals surface area (Å²) in [7, 11) is 0. The van der Waals surface area contributed by atoms with Gasteiger partial charge in [-0.1, -0.05) is 62.4 Å². The first-order valence-electron chi connectivity index (χ1n) is 12.0. The highest BCUT2D eigenvalue weighted by molar-refractivity contribution is 5.94. The number of fused-ring (bicyclic) bond motifs is 2. The van der Waals surface area contributed by atoms with Gasteiger partial charge in [0.05, 0.1) is 12.9 Å². The minimum Gasteiger partial charge on any atom is -0.324 e. The van der Waals surface area contributed by atoms with Crippen LogP contribution in [0, 0.1) is 5.92 Å². The molecule has 0 spiro atoms. The first kappa shape index (κ1) is 22.8. The van der Waals surface area contributed by atoms with Gasteiger partial charge in [-0.3, -0.25) is 14.2 Å². The fourth-order valence-corrected chi connectivity index (χ4v) is 4.83. The second kappa shape index (κ2) is 9.37. The molecule has 0 bridgehead atoms. The van der Waals surface area contributed by atoms with Crippen LogP contribution < -0.4 is 16.1 Å². The van der Waals surface area contributed by atoms with Crippen LogP contribution in [0.5, 0.6) is 0 Å². The quantitative estimate of drug-likeness (QED) is 0.433. The number of benzene rings is 2. The number of nitrogens with zero attached hydrogens (tertiary/aromatic N) is 5. The number of hydrogen-bond donors (Lipinski definition) is 0. The van der Waals surface area contributed by atoms with Crippen LogP contribution in [0.25, 0.3) is 11.2 Å². The van der Waals surface area contributed by atoms with E-state index >= 15 is 0 Å². The average Bonchev–Trinajstić information content (AvgIpc) is 3.27. The van der Waals surface area contributed by atoms with E-state index in [0.717, 1.165) is 34.2 Å². The summed E-state index contributed by atoms with van der Waals surface area (Å²) >= 11 is 0. The van der Waals surface area contributed by atoms with Crippen LogP contribution >= 0.6 is 0 Å². The Morgan fingerprint density at radius 2 is 1.74 bits per heavy atom. The summed E-state index contributed by atoms with van der Waals surface area (Å²) in [4.78, 5) is 46.8. The van der Waals surface area contributed by atoms with E-state index in [1.54, 1.807) is 15.8 Å². The molecule has 0 unspecified atom stereocenters. The fourth-order valence-electron chi connectivity index (χ4n) is 4.83. The number of amides is 1. The number of aromatic nitrogens is 4. The highest BCUT2D eigenvalue weighted by Crippen LogP contribution is 2.26. The van der Waals surface area contributed by atoms with Crippen molar-refractivity contribution in [2.24, 2.45) is 5.92 Å². The average molecular weight is 472 g/mol. The summed E-state index contributed by atoms with van der Waals surface area (Å²) in [6.07, 6.45) is 3.36. The lowest BCUT2D eigenvalue weighted by molar-refractivity contribution is -0.119. The monoisotopic (exact) mass is 471 g/mol. The van der Waals surface area contributed by atoms with E-state index in [9.17, 15) is 14.4 Å². The Hall–Kier alpha value is -3.94. The van der Waals surface area contributed by atoms with Crippen molar-refractivity contribution in [3.05, 3.63) is 92.9 Å². The largest absolute Gasteiger partial charge is 0.333 e. The topological polar surface area (TPSA) is 82.1 Å². The zero-order chi connectivity index (χ0) is 24.5. The Morgan fingerprint density at radius 1 is 1.00 bits per heavy atom. The third-order valence-electron chi connectivity index (χ3n) is 6.43. The second-order valence-electron chi connectivity index (χ2n) is 9.49. The van der Waals surface area contributed by atoms with Gasteiger partial charge in [0.25, 0.3) is 5.56 Å². The van der Waals surface area contributed by atoms with Gasteiger partial charge < -0.3 is 9.47 Å². The number of hydrogen-bond acceptors (Lipinski definition) is 4. The van der Waals surface area contributed by atoms with E-state index in [1.807, 2.05) is 54.6 Å². The summed E-state index contributed by atoms with van der Waals surface area (Å²) in [5, 5.41) is 0. The molecule has 1 amide bonds. The molecule has 0 saturated heterocycles. The second-order valence-corrected chi connectivity index (χ2v) is 9.49. The summed E-state index contributed by atoms with van der Waals surface area (Å²) in [6.45, 7) is 5.21. The molecule has 5 rings (SSSR count). The molecule has 8 nitrogen and oxygen atoms in total. The van der Waals surface area contributed by atoms with E-state index in [0.29, 0.717) is 24.3 Å². The van der Waals surface area contributed by atoms with Gasteiger partial charge in [0, 0.05) is 18.8 Å². The standard InChI is InChI=1S/C27H29N5O3/c1-19(2)15-29-18-28-25-24(29)26(34)32(27(35)31(25)16-20-9-4-3-5-10-20)17-23(33)30-14-8-12-21-11-6-7-13-22(21)30/h3-7,9-11,13,18-19H,8,12,14-17H2,1-2H3. The Morgan fingerprint density at radius 3 is 2.51 bits per heavy atom. The number of rotatable bonds is 6. The third-order valence-corrected chi connectivity index (χ3v) is 6.43. The third kappa shape index (κ3) is 4.32. The van der Waals surface area contributed by atoms with Gasteiger partial charge >= 0.3 is 5.69 Å². The minimum absolute atomic E-state index is 0.260. The molecule has 0 atom stereocenters. The van der Waals surface area contributed by atoms with E-state index in [-0.39, 0.29) is 24.9 Å². The Bertz CT molecular complexity index is 1500. The van der Waals surface area contributed by atoms with Gasteiger partial charge in [-0.05, 0) is 36.0 Å². The molecule has 0 N–H and O–H groups in total. The summed E-state index contributed by atoms with van der Waals surface area (Å²) < 4.78 is 4.37. The molecule has 2 aromatic heterocycles. The van der Waals surface area contributed by atoms with Crippen molar-refractivity contribution < 1.29 is 4.79 Å². The van der Waals surface area contributed by atoms with Crippen LogP contribution in [0.3, 0.4) is 0 Å². The van der Waals surface area contributed by atoms with E-state index in [4.69, 9.17) is 0 Å². The number of para-hydroxylation sites is 1. The van der Waals surface area contributed by atoms with Gasteiger partial charge in [-0.25, -0.2) is 14.3 Å². The number of carbonyl (C=O) groups excluding carboxylic acids is 1. The van der Waals surface area contributed by atoms with Crippen LogP contribution in [0.4, 0.5) is 5.69 Å². The Labute approximate surface area is 203 Å². The van der Waals surface area contributed by atoms with Gasteiger partial charge in [-0.15, -0.1) is 0 Å². The van der Waals surface area contributed by atoms with Crippen LogP contribution in [-0.2, 0) is 30.8 Å². The molecular formula is C27H29N5O3. The van der Waals surface area contributed by atoms with Crippen molar-refractivity contribution in [1.82, 2.24) is 18.7 Å². The number of anilines is 1. The lowest BCUT2D eigenvalue weighted by Gasteiger charge is -2.29. The van der Waals surface area contributed by atoms with E-state index in [1.165, 1.54) is 4.57 Å². The minimum atomic E-state index is -0.528. The predicted molar refractivity (Wildman–Crippen MR) is 136 cm³/mol. The molecule has 1 aliphatic rings. The smallest absolute Gasteiger partial charge is 0.324 e. The summed E-state index contributed by atoms with van der Waals surface area (Å²) in [5.41, 5.74) is 2.55. The van der Waals surface area contributed by atoms with E-state index in [2.05, 4.69) is 18.8 Å². The predicted octanol–water partition coefficient (Wildman–Crippen LogP) is 3.04. The van der Waals surface area contributed by atoms with Crippen LogP contribution in [-0.4, -0.2) is 31.1 Å². The van der Waals surface area contributed by atoms with Gasteiger partial charge in [-0.2, -0.15) is 0 Å². The molecule has 0 saturated carbocycles. The molecule has 1 aliphatic heterocycles. The number of aryl methyl sites for hydroxylation is 1. The highest BCUT2D eigenvalue weighted by Gasteiger charge is 2.25. The van der Waals surface area contributed by atoms with Crippen molar-refractivity contribution in [2.75, 3.05) is 11.4 Å². The molecule has 0 radical (unpaired) electrons. The maximum atomic E-state index is 13.6. The lowest BCUT2D eigenvalue weighted by Crippen LogP contribution is -2.46. The zero-order valence-electron chi connectivity index (χ0n) is 20.1. The maximum Gasteiger partial charge on any atom is 0.333 e. The summed E-state index contributed by atoms with van der Waals surface area (Å²) in [6, 6.07) is 17.4. The Kier molecular flexibility index (Phi) is 6.11. The zero-order valence-corrected chi connectivity index (χ0v) is 20.1.